The van der Waals surface area contributed by atoms with Gasteiger partial charge in [-0.25, -0.2) is 4.79 Å². The van der Waals surface area contributed by atoms with E-state index in [1.54, 1.807) is 0 Å². The van der Waals surface area contributed by atoms with Crippen LogP contribution in [0.2, 0.25) is 0 Å². The first kappa shape index (κ1) is 9.70. The van der Waals surface area contributed by atoms with Crippen LogP contribution in [0.5, 0.6) is 0 Å². The summed E-state index contributed by atoms with van der Waals surface area (Å²) >= 11 is 0. The lowest BCUT2D eigenvalue weighted by molar-refractivity contribution is -0.122. The molecule has 11 heavy (non-hydrogen) atoms. The number of ether oxygens (including phenoxy) is 1. The number of rotatable bonds is 5. The van der Waals surface area contributed by atoms with Crippen LogP contribution in [0.1, 0.15) is 0 Å². The van der Waals surface area contributed by atoms with Gasteiger partial charge in [-0.15, -0.1) is 0 Å². The lowest BCUT2D eigenvalue weighted by Crippen LogP contribution is -2.32. The third kappa shape index (κ3) is 8.70. The molecule has 64 valence electrons. The van der Waals surface area contributed by atoms with Crippen LogP contribution >= 0.6 is 0 Å². The van der Waals surface area contributed by atoms with Crippen molar-refractivity contribution in [3.8, 4) is 0 Å². The molecule has 6 heteroatoms. The van der Waals surface area contributed by atoms with E-state index in [1.807, 2.05) is 0 Å². The Kier molecular flexibility index (Phi) is 4.83. The Balaban J connectivity index is 3.03. The van der Waals surface area contributed by atoms with Gasteiger partial charge in [0.15, 0.2) is 0 Å². The van der Waals surface area contributed by atoms with Crippen molar-refractivity contribution < 1.29 is 14.3 Å². The topological polar surface area (TPSA) is 107 Å². The minimum atomic E-state index is -0.618. The lowest BCUT2D eigenvalue weighted by Gasteiger charge is -2.01. The van der Waals surface area contributed by atoms with E-state index in [2.05, 4.69) is 5.32 Å². The highest BCUT2D eigenvalue weighted by Crippen LogP contribution is 1.70. The number of carbonyl (C=O) groups is 2. The molecule has 0 saturated carbocycles. The number of nitrogens with two attached hydrogens (primary N) is 2. The highest BCUT2D eigenvalue weighted by atomic mass is 16.5. The van der Waals surface area contributed by atoms with E-state index in [1.165, 1.54) is 0 Å². The lowest BCUT2D eigenvalue weighted by atomic mass is 10.6. The molecule has 3 amide bonds. The van der Waals surface area contributed by atoms with Gasteiger partial charge < -0.3 is 21.5 Å². The van der Waals surface area contributed by atoms with Gasteiger partial charge in [0.1, 0.15) is 6.61 Å². The molecule has 0 saturated heterocycles. The van der Waals surface area contributed by atoms with Crippen LogP contribution in [-0.4, -0.2) is 31.7 Å². The first-order valence-electron chi connectivity index (χ1n) is 3.02. The summed E-state index contributed by atoms with van der Waals surface area (Å²) in [6.07, 6.45) is 0. The van der Waals surface area contributed by atoms with Crippen molar-refractivity contribution in [1.29, 1.82) is 0 Å². The minimum absolute atomic E-state index is 0.138. The number of urea groups is 1. The fourth-order valence-corrected chi connectivity index (χ4v) is 0.419. The van der Waals surface area contributed by atoms with Crippen molar-refractivity contribution in [2.75, 3.05) is 19.8 Å². The van der Waals surface area contributed by atoms with E-state index < -0.39 is 11.9 Å². The summed E-state index contributed by atoms with van der Waals surface area (Å²) in [7, 11) is 0. The quantitative estimate of drug-likeness (QED) is 0.412. The van der Waals surface area contributed by atoms with Crippen LogP contribution in [0, 0.1) is 0 Å². The first-order valence-corrected chi connectivity index (χ1v) is 3.02. The van der Waals surface area contributed by atoms with Crippen LogP contribution in [0.3, 0.4) is 0 Å². The number of amides is 3. The zero-order valence-electron chi connectivity index (χ0n) is 6.00. The molecule has 0 bridgehead atoms. The fourth-order valence-electron chi connectivity index (χ4n) is 0.419. The molecule has 0 atom stereocenters. The van der Waals surface area contributed by atoms with Gasteiger partial charge in [-0.1, -0.05) is 0 Å². The van der Waals surface area contributed by atoms with Gasteiger partial charge in [-0.2, -0.15) is 0 Å². The Morgan fingerprint density at radius 3 is 2.45 bits per heavy atom. The van der Waals surface area contributed by atoms with E-state index in [0.717, 1.165) is 0 Å². The second kappa shape index (κ2) is 5.48. The third-order valence-corrected chi connectivity index (χ3v) is 0.790. The molecule has 0 radical (unpaired) electrons. The van der Waals surface area contributed by atoms with Gasteiger partial charge in [-0.05, 0) is 0 Å². The summed E-state index contributed by atoms with van der Waals surface area (Å²) in [5.41, 5.74) is 9.50. The maximum Gasteiger partial charge on any atom is 0.312 e. The van der Waals surface area contributed by atoms with Crippen LogP contribution in [0.15, 0.2) is 0 Å². The average Bonchev–Trinajstić information content (AvgIpc) is 1.85. The Hall–Kier alpha value is -1.30. The highest BCUT2D eigenvalue weighted by Gasteiger charge is 1.93. The standard InChI is InChI=1S/C5H11N3O3/c6-4(9)3-11-2-1-8-5(7)10/h1-3H2,(H2,6,9)(H3,7,8,10). The van der Waals surface area contributed by atoms with E-state index in [-0.39, 0.29) is 19.8 Å². The second-order valence-corrected chi connectivity index (χ2v) is 1.81. The maximum absolute atomic E-state index is 10.1. The molecule has 0 aromatic rings. The predicted molar refractivity (Wildman–Crippen MR) is 37.6 cm³/mol. The van der Waals surface area contributed by atoms with Crippen LogP contribution in [0.25, 0.3) is 0 Å². The van der Waals surface area contributed by atoms with E-state index in [0.29, 0.717) is 0 Å². The van der Waals surface area contributed by atoms with Gasteiger partial charge in [0.2, 0.25) is 5.91 Å². The summed E-state index contributed by atoms with van der Waals surface area (Å²) in [5, 5.41) is 2.28. The summed E-state index contributed by atoms with van der Waals surface area (Å²) in [6, 6.07) is -0.618. The van der Waals surface area contributed by atoms with Gasteiger partial charge in [0.05, 0.1) is 6.61 Å². The SMILES string of the molecule is NC(=O)COCCNC(N)=O. The summed E-state index contributed by atoms with van der Waals surface area (Å²) < 4.78 is 4.70. The van der Waals surface area contributed by atoms with Crippen LogP contribution < -0.4 is 16.8 Å². The number of nitrogens with one attached hydrogen (secondary N) is 1. The maximum atomic E-state index is 10.1. The smallest absolute Gasteiger partial charge is 0.312 e. The zero-order chi connectivity index (χ0) is 8.69. The molecule has 0 unspecified atom stereocenters. The normalized spacial score (nSPS) is 9.09. The van der Waals surface area contributed by atoms with Gasteiger partial charge in [0, 0.05) is 6.54 Å². The predicted octanol–water partition coefficient (Wildman–Crippen LogP) is -1.84. The van der Waals surface area contributed by atoms with Gasteiger partial charge >= 0.3 is 6.03 Å². The summed E-state index contributed by atoms with van der Waals surface area (Å²) in [4.78, 5) is 20.1. The largest absolute Gasteiger partial charge is 0.370 e. The Morgan fingerprint density at radius 2 is 2.00 bits per heavy atom. The Labute approximate surface area is 63.9 Å². The van der Waals surface area contributed by atoms with Crippen molar-refractivity contribution in [1.82, 2.24) is 5.32 Å². The van der Waals surface area contributed by atoms with Crippen molar-refractivity contribution in [3.63, 3.8) is 0 Å². The Bertz CT molecular complexity index is 132. The molecular formula is C5H11N3O3. The molecule has 0 fully saturated rings. The molecule has 0 aromatic carbocycles. The number of carbonyl (C=O) groups excluding carboxylic acids is 2. The van der Waals surface area contributed by atoms with E-state index in [9.17, 15) is 9.59 Å². The molecule has 0 rings (SSSR count). The molecule has 0 aliphatic rings. The van der Waals surface area contributed by atoms with Crippen molar-refractivity contribution in [2.24, 2.45) is 11.5 Å². The van der Waals surface area contributed by atoms with E-state index in [4.69, 9.17) is 16.2 Å². The van der Waals surface area contributed by atoms with Crippen molar-refractivity contribution in [3.05, 3.63) is 0 Å². The fraction of sp³-hybridized carbons (Fsp3) is 0.600. The average molecular weight is 161 g/mol. The zero-order valence-corrected chi connectivity index (χ0v) is 6.00. The number of hydrogen-bond donors (Lipinski definition) is 3. The van der Waals surface area contributed by atoms with E-state index >= 15 is 0 Å². The first-order chi connectivity index (χ1) is 5.13. The van der Waals surface area contributed by atoms with Crippen molar-refractivity contribution in [2.45, 2.75) is 0 Å². The molecule has 0 aromatic heterocycles. The number of primary amides is 2. The molecular weight excluding hydrogens is 150 g/mol. The molecule has 6 nitrogen and oxygen atoms in total. The molecule has 0 spiro atoms. The molecule has 0 aliphatic carbocycles. The van der Waals surface area contributed by atoms with Gasteiger partial charge in [-0.3, -0.25) is 4.79 Å². The monoisotopic (exact) mass is 161 g/mol. The molecule has 0 heterocycles. The summed E-state index contributed by atoms with van der Waals surface area (Å²) in [6.45, 7) is 0.370. The van der Waals surface area contributed by atoms with Crippen LogP contribution in [0.4, 0.5) is 4.79 Å². The summed E-state index contributed by atoms with van der Waals surface area (Å²) in [5.74, 6) is -0.538. The van der Waals surface area contributed by atoms with Crippen molar-refractivity contribution >= 4 is 11.9 Å². The van der Waals surface area contributed by atoms with Crippen LogP contribution in [-0.2, 0) is 9.53 Å². The Morgan fingerprint density at radius 1 is 1.36 bits per heavy atom. The third-order valence-electron chi connectivity index (χ3n) is 0.790. The molecule has 0 aliphatic heterocycles. The molecule has 5 N–H and O–H groups in total. The number of hydrogen-bond acceptors (Lipinski definition) is 3. The van der Waals surface area contributed by atoms with Gasteiger partial charge in [0.25, 0.3) is 0 Å². The highest BCUT2D eigenvalue weighted by molar-refractivity contribution is 5.75. The minimum Gasteiger partial charge on any atom is -0.370 e. The second-order valence-electron chi connectivity index (χ2n) is 1.81.